The van der Waals surface area contributed by atoms with Crippen molar-refractivity contribution in [3.05, 3.63) is 29.8 Å². The number of hydrogen-bond donors (Lipinski definition) is 2. The first-order valence-electron chi connectivity index (χ1n) is 6.93. The van der Waals surface area contributed by atoms with Crippen LogP contribution >= 0.6 is 0 Å². The minimum absolute atomic E-state index is 0.197. The second-order valence-corrected chi connectivity index (χ2v) is 4.92. The van der Waals surface area contributed by atoms with E-state index in [1.165, 1.54) is 6.42 Å². The van der Waals surface area contributed by atoms with Crippen LogP contribution in [0.4, 0.5) is 0 Å². The minimum Gasteiger partial charge on any atom is -0.491 e. The Morgan fingerprint density at radius 1 is 1.40 bits per heavy atom. The Balaban J connectivity index is 1.77. The molecule has 1 aliphatic rings. The lowest BCUT2D eigenvalue weighted by Gasteiger charge is -2.19. The number of methoxy groups -OCH3 is 1. The monoisotopic (exact) mass is 279 g/mol. The smallest absolute Gasteiger partial charge is 0.339 e. The molecule has 110 valence electrons. The van der Waals surface area contributed by atoms with Gasteiger partial charge in [0, 0.05) is 19.7 Å². The normalized spacial score (nSPS) is 21.9. The molecule has 0 spiro atoms. The van der Waals surface area contributed by atoms with E-state index in [0.717, 1.165) is 12.8 Å². The molecule has 1 fully saturated rings. The fourth-order valence-electron chi connectivity index (χ4n) is 2.62. The van der Waals surface area contributed by atoms with Crippen molar-refractivity contribution in [2.24, 2.45) is 0 Å². The van der Waals surface area contributed by atoms with Crippen molar-refractivity contribution >= 4 is 5.97 Å². The minimum atomic E-state index is -0.969. The van der Waals surface area contributed by atoms with Gasteiger partial charge in [-0.2, -0.15) is 0 Å². The molecule has 0 aromatic heterocycles. The molecule has 2 N–H and O–H groups in total. The van der Waals surface area contributed by atoms with Crippen LogP contribution in [-0.2, 0) is 4.74 Å². The summed E-state index contributed by atoms with van der Waals surface area (Å²) in [5.74, 6) is -0.555. The molecular formula is C15H21NO4. The number of carboxylic acids is 1. The summed E-state index contributed by atoms with van der Waals surface area (Å²) in [7, 11) is 1.74. The number of hydrogen-bond acceptors (Lipinski definition) is 4. The summed E-state index contributed by atoms with van der Waals surface area (Å²) < 4.78 is 11.0. The van der Waals surface area contributed by atoms with Crippen molar-refractivity contribution in [3.8, 4) is 5.75 Å². The SMILES string of the molecule is COC1CCCC1NCCOc1ccccc1C(=O)O. The Morgan fingerprint density at radius 2 is 2.20 bits per heavy atom. The maximum absolute atomic E-state index is 11.0. The largest absolute Gasteiger partial charge is 0.491 e. The van der Waals surface area contributed by atoms with Crippen LogP contribution in [0.2, 0.25) is 0 Å². The van der Waals surface area contributed by atoms with Gasteiger partial charge < -0.3 is 19.9 Å². The number of ether oxygens (including phenoxy) is 2. The van der Waals surface area contributed by atoms with Crippen LogP contribution < -0.4 is 10.1 Å². The topological polar surface area (TPSA) is 67.8 Å². The van der Waals surface area contributed by atoms with Crippen LogP contribution in [0.1, 0.15) is 29.6 Å². The zero-order valence-corrected chi connectivity index (χ0v) is 11.7. The van der Waals surface area contributed by atoms with Gasteiger partial charge in [0.1, 0.15) is 17.9 Å². The zero-order chi connectivity index (χ0) is 14.4. The highest BCUT2D eigenvalue weighted by molar-refractivity contribution is 5.90. The summed E-state index contributed by atoms with van der Waals surface area (Å²) in [5.41, 5.74) is 0.197. The zero-order valence-electron chi connectivity index (χ0n) is 11.7. The van der Waals surface area contributed by atoms with Crippen LogP contribution in [0.25, 0.3) is 0 Å². The lowest BCUT2D eigenvalue weighted by molar-refractivity contribution is 0.0692. The van der Waals surface area contributed by atoms with E-state index in [4.69, 9.17) is 14.6 Å². The third kappa shape index (κ3) is 3.71. The van der Waals surface area contributed by atoms with Crippen molar-refractivity contribution in [2.75, 3.05) is 20.3 Å². The fraction of sp³-hybridized carbons (Fsp3) is 0.533. The van der Waals surface area contributed by atoms with Gasteiger partial charge in [0.05, 0.1) is 6.10 Å². The van der Waals surface area contributed by atoms with E-state index < -0.39 is 5.97 Å². The van der Waals surface area contributed by atoms with Gasteiger partial charge in [-0.25, -0.2) is 4.79 Å². The van der Waals surface area contributed by atoms with Crippen molar-refractivity contribution in [1.82, 2.24) is 5.32 Å². The number of rotatable bonds is 7. The summed E-state index contributed by atoms with van der Waals surface area (Å²) in [5, 5.41) is 12.5. The number of aromatic carboxylic acids is 1. The molecule has 20 heavy (non-hydrogen) atoms. The van der Waals surface area contributed by atoms with Gasteiger partial charge in [0.15, 0.2) is 0 Å². The quantitative estimate of drug-likeness (QED) is 0.746. The molecule has 0 heterocycles. The number of benzene rings is 1. The second-order valence-electron chi connectivity index (χ2n) is 4.92. The van der Waals surface area contributed by atoms with Crippen molar-refractivity contribution in [2.45, 2.75) is 31.4 Å². The van der Waals surface area contributed by atoms with Crippen LogP contribution in [0.15, 0.2) is 24.3 Å². The molecule has 1 aromatic carbocycles. The van der Waals surface area contributed by atoms with Gasteiger partial charge in [-0.15, -0.1) is 0 Å². The lowest BCUT2D eigenvalue weighted by Crippen LogP contribution is -2.38. The van der Waals surface area contributed by atoms with Crippen LogP contribution in [0.5, 0.6) is 5.75 Å². The third-order valence-electron chi connectivity index (χ3n) is 3.64. The van der Waals surface area contributed by atoms with Gasteiger partial charge in [0.2, 0.25) is 0 Å². The number of carboxylic acid groups (broad SMARTS) is 1. The molecular weight excluding hydrogens is 258 g/mol. The van der Waals surface area contributed by atoms with Crippen molar-refractivity contribution in [3.63, 3.8) is 0 Å². The van der Waals surface area contributed by atoms with E-state index in [2.05, 4.69) is 5.32 Å². The molecule has 1 saturated carbocycles. The average Bonchev–Trinajstić information content (AvgIpc) is 2.91. The predicted molar refractivity (Wildman–Crippen MR) is 75.3 cm³/mol. The van der Waals surface area contributed by atoms with Crippen molar-refractivity contribution in [1.29, 1.82) is 0 Å². The van der Waals surface area contributed by atoms with E-state index in [1.54, 1.807) is 31.4 Å². The molecule has 2 atom stereocenters. The molecule has 0 saturated heterocycles. The summed E-state index contributed by atoms with van der Waals surface area (Å²) in [6.07, 6.45) is 3.67. The molecule has 2 unspecified atom stereocenters. The highest BCUT2D eigenvalue weighted by atomic mass is 16.5. The fourth-order valence-corrected chi connectivity index (χ4v) is 2.62. The maximum atomic E-state index is 11.0. The summed E-state index contributed by atoms with van der Waals surface area (Å²) in [6, 6.07) is 7.06. The predicted octanol–water partition coefficient (Wildman–Crippen LogP) is 1.92. The number of carbonyl (C=O) groups is 1. The first-order chi connectivity index (χ1) is 9.72. The Labute approximate surface area is 118 Å². The van der Waals surface area contributed by atoms with Gasteiger partial charge in [-0.3, -0.25) is 0 Å². The Morgan fingerprint density at radius 3 is 2.95 bits per heavy atom. The van der Waals surface area contributed by atoms with E-state index in [0.29, 0.717) is 24.9 Å². The van der Waals surface area contributed by atoms with Crippen LogP contribution in [0, 0.1) is 0 Å². The number of para-hydroxylation sites is 1. The summed E-state index contributed by atoms with van der Waals surface area (Å²) in [4.78, 5) is 11.0. The Kier molecular flexibility index (Phi) is 5.38. The van der Waals surface area contributed by atoms with Gasteiger partial charge in [0.25, 0.3) is 0 Å². The van der Waals surface area contributed by atoms with E-state index in [9.17, 15) is 4.79 Å². The molecule has 0 aliphatic heterocycles. The molecule has 5 nitrogen and oxygen atoms in total. The third-order valence-corrected chi connectivity index (χ3v) is 3.64. The van der Waals surface area contributed by atoms with Gasteiger partial charge in [-0.05, 0) is 31.4 Å². The Bertz CT molecular complexity index is 449. The lowest BCUT2D eigenvalue weighted by atomic mass is 10.2. The Hall–Kier alpha value is -1.59. The highest BCUT2D eigenvalue weighted by Crippen LogP contribution is 2.21. The molecule has 1 aliphatic carbocycles. The van der Waals surface area contributed by atoms with E-state index >= 15 is 0 Å². The summed E-state index contributed by atoms with van der Waals surface area (Å²) >= 11 is 0. The van der Waals surface area contributed by atoms with Gasteiger partial charge in [-0.1, -0.05) is 12.1 Å². The van der Waals surface area contributed by atoms with Crippen molar-refractivity contribution < 1.29 is 19.4 Å². The highest BCUT2D eigenvalue weighted by Gasteiger charge is 2.26. The standard InChI is InChI=1S/C15H21NO4/c1-19-14-8-4-6-12(14)16-9-10-20-13-7-3-2-5-11(13)15(17)18/h2-3,5,7,12,14,16H,4,6,8-10H2,1H3,(H,17,18). The van der Waals surface area contributed by atoms with Gasteiger partial charge >= 0.3 is 5.97 Å². The maximum Gasteiger partial charge on any atom is 0.339 e. The summed E-state index contributed by atoms with van der Waals surface area (Å²) in [6.45, 7) is 1.12. The number of nitrogens with one attached hydrogen (secondary N) is 1. The molecule has 1 aromatic rings. The first-order valence-corrected chi connectivity index (χ1v) is 6.93. The molecule has 0 radical (unpaired) electrons. The first kappa shape index (κ1) is 14.8. The molecule has 0 amide bonds. The second kappa shape index (κ2) is 7.26. The van der Waals surface area contributed by atoms with E-state index in [-0.39, 0.29) is 11.7 Å². The average molecular weight is 279 g/mol. The molecule has 5 heteroatoms. The van der Waals surface area contributed by atoms with E-state index in [1.807, 2.05) is 0 Å². The van der Waals surface area contributed by atoms with Crippen LogP contribution in [-0.4, -0.2) is 43.5 Å². The van der Waals surface area contributed by atoms with Crippen LogP contribution in [0.3, 0.4) is 0 Å². The molecule has 0 bridgehead atoms. The molecule has 2 rings (SSSR count).